The maximum absolute atomic E-state index is 11.7. The van der Waals surface area contributed by atoms with Crippen molar-refractivity contribution in [3.63, 3.8) is 0 Å². The van der Waals surface area contributed by atoms with Gasteiger partial charge in [0.25, 0.3) is 6.03 Å². The van der Waals surface area contributed by atoms with Crippen molar-refractivity contribution in [2.45, 2.75) is 45.6 Å². The van der Waals surface area contributed by atoms with Crippen molar-refractivity contribution in [3.05, 3.63) is 0 Å². The van der Waals surface area contributed by atoms with Gasteiger partial charge in [-0.15, -0.1) is 0 Å². The van der Waals surface area contributed by atoms with E-state index in [-0.39, 0.29) is 13.2 Å². The summed E-state index contributed by atoms with van der Waals surface area (Å²) >= 11 is 0. The molecule has 0 rings (SSSR count). The first-order chi connectivity index (χ1) is 7.06. The minimum Gasteiger partial charge on any atom is -0.359 e. The zero-order valence-electron chi connectivity index (χ0n) is 9.39. The van der Waals surface area contributed by atoms with Crippen LogP contribution in [0.4, 0.5) is 0 Å². The quantitative estimate of drug-likeness (QED) is 0.366. The molecule has 5 nitrogen and oxygen atoms in total. The van der Waals surface area contributed by atoms with Gasteiger partial charge in [-0.3, -0.25) is 4.57 Å². The molecular weight excluding hydrogens is 219 g/mol. The molecule has 0 saturated carbocycles. The predicted octanol–water partition coefficient (Wildman–Crippen LogP) is 2.08. The van der Waals surface area contributed by atoms with Crippen molar-refractivity contribution in [1.82, 2.24) is 0 Å². The van der Waals surface area contributed by atoms with E-state index in [4.69, 9.17) is 19.3 Å². The number of unbranched alkanes of at least 4 members (excludes halogenated alkanes) is 2. The minimum atomic E-state index is -3.74. The highest BCUT2D eigenvalue weighted by atomic mass is 31.2. The van der Waals surface area contributed by atoms with Gasteiger partial charge in [0, 0.05) is 0 Å². The highest BCUT2D eigenvalue weighted by molar-refractivity contribution is 7.54. The molecule has 0 atom stereocenters. The predicted molar refractivity (Wildman–Crippen MR) is 57.6 cm³/mol. The van der Waals surface area contributed by atoms with Crippen LogP contribution in [-0.2, 0) is 13.6 Å². The lowest BCUT2D eigenvalue weighted by molar-refractivity contribution is -0.00397. The maximum Gasteiger partial charge on any atom is 0.386 e. The third-order valence-electron chi connectivity index (χ3n) is 1.82. The van der Waals surface area contributed by atoms with Gasteiger partial charge in [-0.1, -0.05) is 26.7 Å². The van der Waals surface area contributed by atoms with E-state index in [0.717, 1.165) is 12.8 Å². The Bertz CT molecular complexity index is 181. The van der Waals surface area contributed by atoms with E-state index in [2.05, 4.69) is 0 Å². The fraction of sp³-hybridized carbons (Fsp3) is 1.00. The van der Waals surface area contributed by atoms with Crippen molar-refractivity contribution in [2.75, 3.05) is 13.2 Å². The molecule has 0 aromatic rings. The summed E-state index contributed by atoms with van der Waals surface area (Å²) < 4.78 is 21.5. The Kier molecular flexibility index (Phi) is 8.29. The highest BCUT2D eigenvalue weighted by Crippen LogP contribution is 2.51. The van der Waals surface area contributed by atoms with Gasteiger partial charge < -0.3 is 19.3 Å². The third-order valence-corrected chi connectivity index (χ3v) is 3.47. The Morgan fingerprint density at radius 2 is 1.47 bits per heavy atom. The van der Waals surface area contributed by atoms with Crippen LogP contribution in [0.1, 0.15) is 39.5 Å². The molecule has 0 aromatic carbocycles. The molecular formula is C9H21O5P. The molecule has 0 aliphatic heterocycles. The molecule has 2 N–H and O–H groups in total. The van der Waals surface area contributed by atoms with Crippen LogP contribution in [0.2, 0.25) is 0 Å². The van der Waals surface area contributed by atoms with E-state index in [9.17, 15) is 4.57 Å². The molecule has 0 heterocycles. The minimum absolute atomic E-state index is 0.220. The summed E-state index contributed by atoms with van der Waals surface area (Å²) in [6.45, 7) is 4.36. The molecule has 0 spiro atoms. The summed E-state index contributed by atoms with van der Waals surface area (Å²) in [5, 5.41) is 17.8. The van der Waals surface area contributed by atoms with E-state index >= 15 is 0 Å². The molecule has 15 heavy (non-hydrogen) atoms. The van der Waals surface area contributed by atoms with Gasteiger partial charge in [-0.25, -0.2) is 0 Å². The van der Waals surface area contributed by atoms with Crippen LogP contribution in [0, 0.1) is 0 Å². The zero-order valence-corrected chi connectivity index (χ0v) is 10.3. The molecule has 0 fully saturated rings. The van der Waals surface area contributed by atoms with Crippen molar-refractivity contribution >= 4 is 7.60 Å². The lowest BCUT2D eigenvalue weighted by Gasteiger charge is -2.19. The van der Waals surface area contributed by atoms with Crippen molar-refractivity contribution < 1.29 is 23.8 Å². The van der Waals surface area contributed by atoms with Gasteiger partial charge in [0.05, 0.1) is 13.2 Å². The summed E-state index contributed by atoms with van der Waals surface area (Å²) in [5.41, 5.74) is 0. The number of aliphatic hydroxyl groups excluding tert-OH is 1. The number of hydrogen-bond donors (Lipinski definition) is 2. The lowest BCUT2D eigenvalue weighted by Crippen LogP contribution is -2.12. The average molecular weight is 240 g/mol. The molecule has 92 valence electrons. The number of hydrogen-bond acceptors (Lipinski definition) is 5. The van der Waals surface area contributed by atoms with E-state index in [1.165, 1.54) is 0 Å². The molecule has 0 aromatic heterocycles. The first kappa shape index (κ1) is 15.1. The van der Waals surface area contributed by atoms with Crippen LogP contribution < -0.4 is 0 Å². The van der Waals surface area contributed by atoms with E-state index in [1.807, 2.05) is 13.8 Å². The largest absolute Gasteiger partial charge is 0.386 e. The smallest absolute Gasteiger partial charge is 0.359 e. The van der Waals surface area contributed by atoms with Crippen LogP contribution in [-0.4, -0.2) is 29.5 Å². The maximum atomic E-state index is 11.7. The number of aliphatic hydroxyl groups is 2. The molecule has 0 unspecified atom stereocenters. The summed E-state index contributed by atoms with van der Waals surface area (Å²) in [6, 6.07) is -2.05. The molecule has 0 bridgehead atoms. The van der Waals surface area contributed by atoms with Crippen LogP contribution in [0.15, 0.2) is 0 Å². The average Bonchev–Trinajstić information content (AvgIpc) is 2.18. The summed E-state index contributed by atoms with van der Waals surface area (Å²) in [4.78, 5) is 0. The van der Waals surface area contributed by atoms with Gasteiger partial charge in [0.1, 0.15) is 0 Å². The second kappa shape index (κ2) is 8.25. The Labute approximate surface area is 90.9 Å². The SMILES string of the molecule is CCCCOP(=O)(OCCCC)C(O)O. The van der Waals surface area contributed by atoms with Crippen LogP contribution >= 0.6 is 7.60 Å². The number of rotatable bonds is 9. The first-order valence-corrected chi connectivity index (χ1v) is 6.93. The molecule has 6 heteroatoms. The summed E-state index contributed by atoms with van der Waals surface area (Å²) in [7, 11) is -3.74. The van der Waals surface area contributed by atoms with Gasteiger partial charge in [0.2, 0.25) is 0 Å². The van der Waals surface area contributed by atoms with Gasteiger partial charge in [-0.05, 0) is 12.8 Å². The van der Waals surface area contributed by atoms with Crippen LogP contribution in [0.3, 0.4) is 0 Å². The fourth-order valence-corrected chi connectivity index (χ4v) is 1.95. The van der Waals surface area contributed by atoms with Crippen molar-refractivity contribution in [3.8, 4) is 0 Å². The standard InChI is InChI=1S/C9H21O5P/c1-3-5-7-13-15(12,9(10)11)14-8-6-4-2/h9-11H,3-8H2,1-2H3. The van der Waals surface area contributed by atoms with Crippen LogP contribution in [0.25, 0.3) is 0 Å². The van der Waals surface area contributed by atoms with Gasteiger partial charge in [0.15, 0.2) is 0 Å². The van der Waals surface area contributed by atoms with Crippen LogP contribution in [0.5, 0.6) is 0 Å². The van der Waals surface area contributed by atoms with Gasteiger partial charge in [-0.2, -0.15) is 0 Å². The third kappa shape index (κ3) is 6.28. The molecule has 0 saturated heterocycles. The second-order valence-electron chi connectivity index (χ2n) is 3.26. The Morgan fingerprint density at radius 1 is 1.07 bits per heavy atom. The molecule has 0 aliphatic carbocycles. The normalized spacial score (nSPS) is 12.3. The monoisotopic (exact) mass is 240 g/mol. The lowest BCUT2D eigenvalue weighted by atomic mass is 10.4. The van der Waals surface area contributed by atoms with E-state index in [1.54, 1.807) is 0 Å². The summed E-state index contributed by atoms with van der Waals surface area (Å²) in [5.74, 6) is 0. The highest BCUT2D eigenvalue weighted by Gasteiger charge is 2.32. The van der Waals surface area contributed by atoms with E-state index in [0.29, 0.717) is 12.8 Å². The Hall–Kier alpha value is 0.0700. The van der Waals surface area contributed by atoms with Gasteiger partial charge >= 0.3 is 7.60 Å². The summed E-state index contributed by atoms with van der Waals surface area (Å²) in [6.07, 6.45) is 3.20. The molecule has 0 radical (unpaired) electrons. The van der Waals surface area contributed by atoms with Crippen molar-refractivity contribution in [2.24, 2.45) is 0 Å². The zero-order chi connectivity index (χ0) is 11.7. The first-order valence-electron chi connectivity index (χ1n) is 5.31. The second-order valence-corrected chi connectivity index (χ2v) is 5.32. The Morgan fingerprint density at radius 3 is 1.73 bits per heavy atom. The topological polar surface area (TPSA) is 76.0 Å². The van der Waals surface area contributed by atoms with Crippen molar-refractivity contribution in [1.29, 1.82) is 0 Å². The fourth-order valence-electron chi connectivity index (χ4n) is 0.843. The molecule has 0 amide bonds. The molecule has 0 aliphatic rings. The van der Waals surface area contributed by atoms with E-state index < -0.39 is 13.6 Å². The Balaban J connectivity index is 4.02.